The van der Waals surface area contributed by atoms with Crippen molar-refractivity contribution in [3.63, 3.8) is 0 Å². The molecule has 0 bridgehead atoms. The maximum atomic E-state index is 12.4. The highest BCUT2D eigenvalue weighted by Gasteiger charge is 2.16. The molecule has 25 heavy (non-hydrogen) atoms. The van der Waals surface area contributed by atoms with Crippen LogP contribution in [0.4, 0.5) is 5.69 Å². The first-order chi connectivity index (χ1) is 11.8. The second-order valence-electron chi connectivity index (χ2n) is 5.65. The van der Waals surface area contributed by atoms with Crippen molar-refractivity contribution in [2.24, 2.45) is 0 Å². The maximum Gasteiger partial charge on any atom is 0.337 e. The number of carbonyl (C=O) groups is 2. The van der Waals surface area contributed by atoms with Gasteiger partial charge in [-0.1, -0.05) is 27.5 Å². The predicted octanol–water partition coefficient (Wildman–Crippen LogP) is 4.70. The Morgan fingerprint density at radius 1 is 1.24 bits per heavy atom. The fourth-order valence-corrected chi connectivity index (χ4v) is 3.37. The number of benzene rings is 2. The molecule has 128 valence electrons. The van der Waals surface area contributed by atoms with E-state index in [1.54, 1.807) is 13.0 Å². The van der Waals surface area contributed by atoms with Gasteiger partial charge in [0, 0.05) is 26.6 Å². The third kappa shape index (κ3) is 3.70. The summed E-state index contributed by atoms with van der Waals surface area (Å²) in [5.41, 5.74) is 1.75. The molecule has 0 unspecified atom stereocenters. The van der Waals surface area contributed by atoms with E-state index in [9.17, 15) is 14.7 Å². The molecule has 0 aliphatic heterocycles. The number of aromatic carboxylic acids is 1. The Morgan fingerprint density at radius 2 is 2.00 bits per heavy atom. The fourth-order valence-electron chi connectivity index (χ4n) is 2.72. The normalized spacial score (nSPS) is 10.8. The lowest BCUT2D eigenvalue weighted by Crippen LogP contribution is -2.20. The van der Waals surface area contributed by atoms with E-state index in [0.717, 1.165) is 15.4 Å². The lowest BCUT2D eigenvalue weighted by atomic mass is 10.1. The number of anilines is 1. The molecule has 3 aromatic rings. The molecule has 1 aromatic heterocycles. The first-order valence-corrected chi connectivity index (χ1v) is 8.60. The van der Waals surface area contributed by atoms with Gasteiger partial charge in [-0.3, -0.25) is 4.79 Å². The van der Waals surface area contributed by atoms with Crippen LogP contribution in [0.5, 0.6) is 0 Å². The van der Waals surface area contributed by atoms with Crippen molar-refractivity contribution in [2.45, 2.75) is 13.5 Å². The summed E-state index contributed by atoms with van der Waals surface area (Å²) >= 11 is 9.33. The minimum atomic E-state index is -1.14. The average molecular weight is 422 g/mol. The van der Waals surface area contributed by atoms with Gasteiger partial charge in [0.15, 0.2) is 0 Å². The highest BCUT2D eigenvalue weighted by Crippen LogP contribution is 2.26. The van der Waals surface area contributed by atoms with Crippen molar-refractivity contribution in [1.82, 2.24) is 4.57 Å². The fraction of sp³-hybridized carbons (Fsp3) is 0.111. The number of carboxylic acid groups (broad SMARTS) is 1. The van der Waals surface area contributed by atoms with Crippen LogP contribution in [0.3, 0.4) is 0 Å². The van der Waals surface area contributed by atoms with Gasteiger partial charge in [-0.2, -0.15) is 0 Å². The van der Waals surface area contributed by atoms with Crippen LogP contribution in [0, 0.1) is 6.92 Å². The number of amides is 1. The van der Waals surface area contributed by atoms with Crippen molar-refractivity contribution >= 4 is 56.0 Å². The van der Waals surface area contributed by atoms with E-state index in [4.69, 9.17) is 11.6 Å². The van der Waals surface area contributed by atoms with Crippen molar-refractivity contribution in [3.8, 4) is 0 Å². The lowest BCUT2D eigenvalue weighted by Gasteiger charge is -2.13. The molecular formula is C18H14BrClN2O3. The molecule has 5 nitrogen and oxygen atoms in total. The van der Waals surface area contributed by atoms with E-state index in [1.807, 2.05) is 35.0 Å². The average Bonchev–Trinajstić information content (AvgIpc) is 2.91. The van der Waals surface area contributed by atoms with Crippen LogP contribution in [-0.4, -0.2) is 21.6 Å². The van der Waals surface area contributed by atoms with Gasteiger partial charge >= 0.3 is 5.97 Å². The van der Waals surface area contributed by atoms with Crippen molar-refractivity contribution in [3.05, 3.63) is 63.2 Å². The number of nitrogens with zero attached hydrogens (tertiary/aromatic N) is 1. The van der Waals surface area contributed by atoms with Gasteiger partial charge in [-0.05, 0) is 48.9 Å². The Kier molecular flexibility index (Phi) is 4.83. The molecule has 0 aliphatic rings. The number of aromatic nitrogens is 1. The number of aryl methyl sites for hydroxylation is 1. The summed E-state index contributed by atoms with van der Waals surface area (Å²) in [6, 6.07) is 10.7. The topological polar surface area (TPSA) is 71.3 Å². The minimum Gasteiger partial charge on any atom is -0.478 e. The summed E-state index contributed by atoms with van der Waals surface area (Å²) in [7, 11) is 0. The summed E-state index contributed by atoms with van der Waals surface area (Å²) in [5, 5.41) is 13.4. The largest absolute Gasteiger partial charge is 0.478 e. The quantitative estimate of drug-likeness (QED) is 0.641. The van der Waals surface area contributed by atoms with E-state index in [2.05, 4.69) is 21.2 Å². The van der Waals surface area contributed by atoms with E-state index < -0.39 is 5.97 Å². The lowest BCUT2D eigenvalue weighted by molar-refractivity contribution is -0.116. The Bertz CT molecular complexity index is 997. The highest BCUT2D eigenvalue weighted by molar-refractivity contribution is 9.10. The van der Waals surface area contributed by atoms with E-state index in [1.165, 1.54) is 6.07 Å². The predicted molar refractivity (Wildman–Crippen MR) is 101 cm³/mol. The van der Waals surface area contributed by atoms with Gasteiger partial charge in [-0.25, -0.2) is 4.79 Å². The maximum absolute atomic E-state index is 12.4. The first kappa shape index (κ1) is 17.5. The van der Waals surface area contributed by atoms with E-state index >= 15 is 0 Å². The third-order valence-electron chi connectivity index (χ3n) is 3.84. The van der Waals surface area contributed by atoms with E-state index in [-0.39, 0.29) is 23.7 Å². The Labute approximate surface area is 157 Å². The first-order valence-electron chi connectivity index (χ1n) is 7.43. The number of halogens is 2. The molecule has 0 spiro atoms. The van der Waals surface area contributed by atoms with Gasteiger partial charge in [0.05, 0.1) is 11.3 Å². The molecule has 3 rings (SSSR count). The van der Waals surface area contributed by atoms with Crippen molar-refractivity contribution in [1.29, 1.82) is 0 Å². The third-order valence-corrected chi connectivity index (χ3v) is 4.55. The van der Waals surface area contributed by atoms with E-state index in [0.29, 0.717) is 10.6 Å². The van der Waals surface area contributed by atoms with Crippen LogP contribution < -0.4 is 5.32 Å². The molecular weight excluding hydrogens is 408 g/mol. The molecule has 1 amide bonds. The van der Waals surface area contributed by atoms with Crippen LogP contribution in [0.1, 0.15) is 15.9 Å². The highest BCUT2D eigenvalue weighted by atomic mass is 79.9. The van der Waals surface area contributed by atoms with Crippen LogP contribution in [0.15, 0.2) is 47.1 Å². The number of rotatable bonds is 4. The molecule has 2 aromatic carbocycles. The number of carbonyl (C=O) groups excluding carboxylic acids is 1. The Morgan fingerprint density at radius 3 is 2.72 bits per heavy atom. The summed E-state index contributed by atoms with van der Waals surface area (Å²) in [6.45, 7) is 1.78. The molecule has 0 fully saturated rings. The number of hydrogen-bond acceptors (Lipinski definition) is 2. The molecule has 7 heteroatoms. The molecule has 2 N–H and O–H groups in total. The van der Waals surface area contributed by atoms with Gasteiger partial charge < -0.3 is 15.0 Å². The zero-order valence-corrected chi connectivity index (χ0v) is 15.6. The molecule has 1 heterocycles. The SMILES string of the molecule is Cc1cc(Cl)cc(C(=O)O)c1NC(=O)Cn1ccc2cc(Br)ccc21. The molecule has 0 atom stereocenters. The Balaban J connectivity index is 1.87. The number of carboxylic acids is 1. The smallest absolute Gasteiger partial charge is 0.337 e. The zero-order valence-electron chi connectivity index (χ0n) is 13.2. The number of hydrogen-bond donors (Lipinski definition) is 2. The molecule has 0 radical (unpaired) electrons. The summed E-state index contributed by atoms with van der Waals surface area (Å²) in [6.07, 6.45) is 1.82. The van der Waals surface area contributed by atoms with Crippen LogP contribution in [-0.2, 0) is 11.3 Å². The van der Waals surface area contributed by atoms with Crippen molar-refractivity contribution in [2.75, 3.05) is 5.32 Å². The second kappa shape index (κ2) is 6.90. The molecule has 0 saturated heterocycles. The van der Waals surface area contributed by atoms with Gasteiger partial charge in [-0.15, -0.1) is 0 Å². The number of nitrogens with one attached hydrogen (secondary N) is 1. The summed E-state index contributed by atoms with van der Waals surface area (Å²) < 4.78 is 2.77. The molecule has 0 saturated carbocycles. The minimum absolute atomic E-state index is 0.0281. The van der Waals surface area contributed by atoms with Gasteiger partial charge in [0.2, 0.25) is 5.91 Å². The second-order valence-corrected chi connectivity index (χ2v) is 7.00. The Hall–Kier alpha value is -2.31. The molecule has 0 aliphatic carbocycles. The number of fused-ring (bicyclic) bond motifs is 1. The van der Waals surface area contributed by atoms with Gasteiger partial charge in [0.1, 0.15) is 6.54 Å². The zero-order chi connectivity index (χ0) is 18.1. The summed E-state index contributed by atoms with van der Waals surface area (Å²) in [5.74, 6) is -1.45. The van der Waals surface area contributed by atoms with Crippen LogP contribution >= 0.6 is 27.5 Å². The van der Waals surface area contributed by atoms with Gasteiger partial charge in [0.25, 0.3) is 0 Å². The standard InChI is InChI=1S/C18H14BrClN2O3/c1-10-6-13(20)8-14(18(24)25)17(10)21-16(23)9-22-5-4-11-7-12(19)2-3-15(11)22/h2-8H,9H2,1H3,(H,21,23)(H,24,25). The van der Waals surface area contributed by atoms with Crippen molar-refractivity contribution < 1.29 is 14.7 Å². The van der Waals surface area contributed by atoms with Crippen LogP contribution in [0.2, 0.25) is 5.02 Å². The summed E-state index contributed by atoms with van der Waals surface area (Å²) in [4.78, 5) is 23.8. The monoisotopic (exact) mass is 420 g/mol. The van der Waals surface area contributed by atoms with Crippen LogP contribution in [0.25, 0.3) is 10.9 Å².